The molecule has 0 unspecified atom stereocenters. The molecule has 0 aromatic heterocycles. The number of hydrogen-bond donors (Lipinski definition) is 0. The van der Waals surface area contributed by atoms with Gasteiger partial charge in [0, 0.05) is 45.6 Å². The highest BCUT2D eigenvalue weighted by Crippen LogP contribution is 2.54. The summed E-state index contributed by atoms with van der Waals surface area (Å²) in [4.78, 5) is 32.3. The Morgan fingerprint density at radius 3 is 1.08 bits per heavy atom. The summed E-state index contributed by atoms with van der Waals surface area (Å²) in [6, 6.07) is 56.2. The number of halogens is 10. The number of rotatable bonds is 6. The van der Waals surface area contributed by atoms with Crippen LogP contribution in [0.15, 0.2) is 180 Å². The summed E-state index contributed by atoms with van der Waals surface area (Å²) in [5, 5.41) is 0. The van der Waals surface area contributed by atoms with Crippen LogP contribution in [0.4, 0.5) is 43.9 Å². The summed E-state index contributed by atoms with van der Waals surface area (Å²) in [6.07, 6.45) is 1.23. The van der Waals surface area contributed by atoms with Gasteiger partial charge in [-0.2, -0.15) is 11.8 Å². The van der Waals surface area contributed by atoms with Gasteiger partial charge in [0.05, 0.1) is 47.9 Å². The molecule has 0 amide bonds. The Bertz CT molecular complexity index is 3180. The third kappa shape index (κ3) is 20.2. The van der Waals surface area contributed by atoms with E-state index in [1.807, 2.05) is 84.2 Å². The zero-order valence-corrected chi connectivity index (χ0v) is 49.7. The van der Waals surface area contributed by atoms with Crippen LogP contribution in [0.3, 0.4) is 0 Å². The van der Waals surface area contributed by atoms with Crippen molar-refractivity contribution in [2.24, 2.45) is 0 Å². The number of carbonyl (C=O) groups is 3. The Morgan fingerprint density at radius 1 is 0.345 bits per heavy atom. The van der Waals surface area contributed by atoms with Crippen LogP contribution in [-0.4, -0.2) is 66.6 Å². The predicted octanol–water partition coefficient (Wildman–Crippen LogP) is 19.3. The molecule has 11 rings (SSSR count). The monoisotopic (exact) mass is 1290 g/mol. The van der Waals surface area contributed by atoms with Crippen LogP contribution in [0.1, 0.15) is 61.5 Å². The molecule has 0 atom stereocenters. The maximum atomic E-state index is 13.6. The number of ether oxygens (including phenoxy) is 2. The third-order valence-corrected chi connectivity index (χ3v) is 21.0. The minimum Gasteiger partial charge on any atom is -0.455 e. The van der Waals surface area contributed by atoms with Crippen molar-refractivity contribution in [3.63, 3.8) is 0 Å². The number of fused-ring (bicyclic) bond motifs is 2. The van der Waals surface area contributed by atoms with Crippen LogP contribution in [0.2, 0.25) is 0 Å². The highest BCUT2D eigenvalue weighted by molar-refractivity contribution is 8.18. The second kappa shape index (κ2) is 36.3. The van der Waals surface area contributed by atoms with Crippen LogP contribution < -0.4 is 4.74 Å². The smallest absolute Gasteiger partial charge is 0.200 e. The number of aldehydes is 3. The van der Waals surface area contributed by atoms with E-state index in [1.54, 1.807) is 24.3 Å². The van der Waals surface area contributed by atoms with E-state index < -0.39 is 80.2 Å². The van der Waals surface area contributed by atoms with Crippen molar-refractivity contribution in [3.8, 4) is 11.5 Å². The van der Waals surface area contributed by atoms with E-state index in [1.165, 1.54) is 43.9 Å². The molecule has 2 saturated heterocycles. The van der Waals surface area contributed by atoms with E-state index in [0.29, 0.717) is 33.9 Å². The fourth-order valence-electron chi connectivity index (χ4n) is 7.13. The molecule has 2 fully saturated rings. The number of thioether (sulfide) groups is 7. The Morgan fingerprint density at radius 2 is 0.690 bits per heavy atom. The minimum atomic E-state index is -2.28. The Kier molecular flexibility index (Phi) is 29.1. The molecule has 0 radical (unpaired) electrons. The second-order valence-corrected chi connectivity index (χ2v) is 26.2. The zero-order valence-electron chi connectivity index (χ0n) is 44.0. The standard InChI is InChI=1S/C19H14OS2.C11H9F5OS2.C11H14S3.C7HF5O.2C7H6O/c1-2-8-14(9-3-1)19-21-17-12-6-4-10-15(17)20-16-11-5-7-13-18(16)22-19;12-6-5(7(13)9(15)10(16)8(6)14)11-18-3-1-17-2-4-19-11;1-2-4-10(5-3-1)11-13-8-6-12-7-9-14-11;8-3-2(1-13)4(9)6(11)7(12)5(3)10;2*8-6-7-4-2-1-3-5-7/h1-13,19H;11H,1-4H2;1-5,11H,6-9H2;1H;2*1-6H. The molecule has 440 valence electrons. The van der Waals surface area contributed by atoms with Crippen LogP contribution in [-0.2, 0) is 4.74 Å². The molecule has 3 heterocycles. The maximum absolute atomic E-state index is 13.6. The Labute approximate surface area is 509 Å². The van der Waals surface area contributed by atoms with Gasteiger partial charge in [0.25, 0.3) is 0 Å². The van der Waals surface area contributed by atoms with Gasteiger partial charge in [-0.1, -0.05) is 146 Å². The second-order valence-electron chi connectivity index (χ2n) is 16.9. The predicted molar refractivity (Wildman–Crippen MR) is 325 cm³/mol. The van der Waals surface area contributed by atoms with Gasteiger partial charge in [0.1, 0.15) is 24.1 Å². The third-order valence-electron chi connectivity index (χ3n) is 11.2. The summed E-state index contributed by atoms with van der Waals surface area (Å²) < 4.78 is 140. The molecule has 3 aliphatic heterocycles. The molecule has 0 bridgehead atoms. The number of benzene rings is 8. The van der Waals surface area contributed by atoms with Crippen LogP contribution in [0, 0.1) is 58.2 Å². The first-order chi connectivity index (χ1) is 40.8. The van der Waals surface area contributed by atoms with Crippen molar-refractivity contribution in [1.29, 1.82) is 0 Å². The first-order valence-corrected chi connectivity index (χ1v) is 32.3. The first-order valence-electron chi connectivity index (χ1n) is 25.2. The Hall–Kier alpha value is -5.72. The average molecular weight is 1290 g/mol. The van der Waals surface area contributed by atoms with Crippen molar-refractivity contribution >= 4 is 101 Å². The lowest BCUT2D eigenvalue weighted by molar-refractivity contribution is 0.110. The van der Waals surface area contributed by atoms with Crippen molar-refractivity contribution in [3.05, 3.63) is 261 Å². The van der Waals surface area contributed by atoms with Crippen molar-refractivity contribution < 1.29 is 67.8 Å². The molecule has 0 saturated carbocycles. The number of hydrogen-bond acceptors (Lipinski definition) is 12. The van der Waals surface area contributed by atoms with E-state index in [2.05, 4.69) is 120 Å². The molecular formula is C62H50F10O5S7. The van der Waals surface area contributed by atoms with E-state index in [4.69, 9.17) is 9.47 Å². The van der Waals surface area contributed by atoms with Gasteiger partial charge >= 0.3 is 0 Å². The zero-order chi connectivity index (χ0) is 60.2. The van der Waals surface area contributed by atoms with E-state index in [9.17, 15) is 58.3 Å². The molecular weight excluding hydrogens is 1240 g/mol. The molecule has 84 heavy (non-hydrogen) atoms. The fourth-order valence-corrected chi connectivity index (χ4v) is 16.3. The topological polar surface area (TPSA) is 69.7 Å². The van der Waals surface area contributed by atoms with Gasteiger partial charge in [-0.3, -0.25) is 14.4 Å². The molecule has 5 nitrogen and oxygen atoms in total. The Balaban J connectivity index is 0.000000168. The summed E-state index contributed by atoms with van der Waals surface area (Å²) in [7, 11) is 0. The number of carbonyl (C=O) groups excluding carboxylic acids is 3. The van der Waals surface area contributed by atoms with Crippen LogP contribution >= 0.6 is 82.3 Å². The van der Waals surface area contributed by atoms with Crippen LogP contribution in [0.5, 0.6) is 11.5 Å². The van der Waals surface area contributed by atoms with Gasteiger partial charge in [-0.15, -0.1) is 70.6 Å². The van der Waals surface area contributed by atoms with Gasteiger partial charge in [-0.05, 0) is 35.4 Å². The van der Waals surface area contributed by atoms with Gasteiger partial charge < -0.3 is 9.47 Å². The van der Waals surface area contributed by atoms with E-state index in [0.717, 1.165) is 58.7 Å². The van der Waals surface area contributed by atoms with Gasteiger partial charge in [-0.25, -0.2) is 43.9 Å². The lowest BCUT2D eigenvalue weighted by atomic mass is 10.2. The minimum absolute atomic E-state index is 0.312. The van der Waals surface area contributed by atoms with E-state index in [-0.39, 0.29) is 0 Å². The molecule has 8 aromatic carbocycles. The average Bonchev–Trinajstić information content (AvgIpc) is 3.57. The maximum Gasteiger partial charge on any atom is 0.200 e. The fraction of sp³-hybridized carbons (Fsp3) is 0.177. The van der Waals surface area contributed by atoms with Gasteiger partial charge in [0.15, 0.2) is 52.8 Å². The molecule has 3 aliphatic rings. The molecule has 0 spiro atoms. The largest absolute Gasteiger partial charge is 0.455 e. The summed E-state index contributed by atoms with van der Waals surface area (Å²) in [5.41, 5.74) is 2.04. The van der Waals surface area contributed by atoms with Crippen molar-refractivity contribution in [2.75, 3.05) is 47.7 Å². The SMILES string of the molecule is Fc1c(F)c(F)c(C2SCCOCCS2)c(F)c1F.O=Cc1c(F)c(F)c(F)c(F)c1F.O=Cc1ccccc1.O=Cc1ccccc1.c1ccc(C2SCCSCCS2)cc1.c1ccc(C2Sc3ccccc3Oc3ccccc3S2)cc1. The van der Waals surface area contributed by atoms with Crippen LogP contribution in [0.25, 0.3) is 0 Å². The lowest BCUT2D eigenvalue weighted by Crippen LogP contribution is -2.13. The van der Waals surface area contributed by atoms with Crippen molar-refractivity contribution in [2.45, 2.75) is 23.5 Å². The van der Waals surface area contributed by atoms with E-state index >= 15 is 0 Å². The molecule has 0 N–H and O–H groups in total. The van der Waals surface area contributed by atoms with Crippen molar-refractivity contribution in [1.82, 2.24) is 0 Å². The molecule has 0 aliphatic carbocycles. The highest BCUT2D eigenvalue weighted by Gasteiger charge is 2.32. The molecule has 22 heteroatoms. The molecule has 8 aromatic rings. The summed E-state index contributed by atoms with van der Waals surface area (Å²) >= 11 is 12.2. The first kappa shape index (κ1) is 67.4. The van der Waals surface area contributed by atoms with Gasteiger partial charge in [0.2, 0.25) is 11.6 Å². The normalized spacial score (nSPS) is 14.4. The number of para-hydroxylation sites is 2. The quantitative estimate of drug-likeness (QED) is 0.0689. The summed E-state index contributed by atoms with van der Waals surface area (Å²) in [5.74, 6) is -12.2. The summed E-state index contributed by atoms with van der Waals surface area (Å²) in [6.45, 7) is 0.772. The lowest BCUT2D eigenvalue weighted by Gasteiger charge is -2.23. The highest BCUT2D eigenvalue weighted by atomic mass is 32.2.